The van der Waals surface area contributed by atoms with Crippen LogP contribution in [0.4, 0.5) is 0 Å². The maximum atomic E-state index is 12.5. The van der Waals surface area contributed by atoms with Gasteiger partial charge in [0.05, 0.1) is 25.4 Å². The molecule has 1 atom stereocenters. The van der Waals surface area contributed by atoms with Crippen molar-refractivity contribution in [1.82, 2.24) is 10.4 Å². The summed E-state index contributed by atoms with van der Waals surface area (Å²) in [4.78, 5) is 17.9. The van der Waals surface area contributed by atoms with Gasteiger partial charge in [-0.05, 0) is 48.4 Å². The molecule has 0 bridgehead atoms. The summed E-state index contributed by atoms with van der Waals surface area (Å²) in [5, 5.41) is 14.8. The molecule has 1 amide bonds. The van der Waals surface area contributed by atoms with E-state index < -0.39 is 0 Å². The zero-order valence-corrected chi connectivity index (χ0v) is 14.4. The number of hydroxylamine groups is 2. The second kappa shape index (κ2) is 7.32. The summed E-state index contributed by atoms with van der Waals surface area (Å²) in [7, 11) is 0. The minimum Gasteiger partial charge on any atom is -0.493 e. The molecule has 0 unspecified atom stereocenters. The number of hydrogen-bond donors (Lipinski definition) is 2. The molecule has 1 saturated carbocycles. The van der Waals surface area contributed by atoms with Crippen LogP contribution in [0.1, 0.15) is 42.9 Å². The van der Waals surface area contributed by atoms with E-state index in [0.29, 0.717) is 18.9 Å². The highest BCUT2D eigenvalue weighted by Gasteiger charge is 2.36. The zero-order valence-electron chi connectivity index (χ0n) is 14.4. The Hall–Kier alpha value is -1.63. The van der Waals surface area contributed by atoms with Crippen molar-refractivity contribution in [3.05, 3.63) is 29.3 Å². The molecule has 2 heterocycles. The molecule has 1 aromatic carbocycles. The van der Waals surface area contributed by atoms with Crippen LogP contribution in [-0.2, 0) is 16.1 Å². The molecule has 0 radical (unpaired) electrons. The van der Waals surface area contributed by atoms with E-state index in [1.54, 1.807) is 0 Å². The summed E-state index contributed by atoms with van der Waals surface area (Å²) >= 11 is 0. The Labute approximate surface area is 148 Å². The standard InChI is InChI=1S/C19H26N2O4/c22-16-11-15(12-16)19(14-2-3-17-13(10-14)5-9-24-17)20-18(23)4-7-21-6-1-8-25-21/h2-3,10,15-16,19,22H,1,4-9,11-12H2,(H,20,23)/t15?,16?,19-/m0/s1. The second-order valence-electron chi connectivity index (χ2n) is 7.26. The monoisotopic (exact) mass is 346 g/mol. The number of hydrogen-bond acceptors (Lipinski definition) is 5. The van der Waals surface area contributed by atoms with Gasteiger partial charge in [0.25, 0.3) is 0 Å². The largest absolute Gasteiger partial charge is 0.493 e. The number of nitrogens with zero attached hydrogens (tertiary/aromatic N) is 1. The van der Waals surface area contributed by atoms with Gasteiger partial charge < -0.3 is 15.2 Å². The van der Waals surface area contributed by atoms with Crippen molar-refractivity contribution in [1.29, 1.82) is 0 Å². The SMILES string of the molecule is O=C(CCN1CCCO1)N[C@@H](c1ccc2c(c1)CCO2)C1CC(O)C1. The summed E-state index contributed by atoms with van der Waals surface area (Å²) in [6, 6.07) is 6.16. The third kappa shape index (κ3) is 3.81. The molecule has 6 heteroatoms. The van der Waals surface area contributed by atoms with Gasteiger partial charge in [0.1, 0.15) is 5.75 Å². The van der Waals surface area contributed by atoms with E-state index >= 15 is 0 Å². The van der Waals surface area contributed by atoms with Crippen molar-refractivity contribution in [3.63, 3.8) is 0 Å². The summed E-state index contributed by atoms with van der Waals surface area (Å²) in [5.74, 6) is 1.29. The molecule has 2 fully saturated rings. The Morgan fingerprint density at radius 1 is 1.36 bits per heavy atom. The van der Waals surface area contributed by atoms with Gasteiger partial charge in [-0.25, -0.2) is 0 Å². The fraction of sp³-hybridized carbons (Fsp3) is 0.632. The lowest BCUT2D eigenvalue weighted by Gasteiger charge is -2.38. The minimum atomic E-state index is -0.236. The number of aliphatic hydroxyl groups excluding tert-OH is 1. The number of benzene rings is 1. The van der Waals surface area contributed by atoms with Crippen LogP contribution in [0, 0.1) is 5.92 Å². The normalized spacial score (nSPS) is 26.6. The van der Waals surface area contributed by atoms with Gasteiger partial charge in [0.15, 0.2) is 0 Å². The Morgan fingerprint density at radius 3 is 3.00 bits per heavy atom. The van der Waals surface area contributed by atoms with Gasteiger partial charge in [0.2, 0.25) is 5.91 Å². The molecule has 0 spiro atoms. The number of fused-ring (bicyclic) bond motifs is 1. The highest BCUT2D eigenvalue weighted by Crippen LogP contribution is 2.39. The highest BCUT2D eigenvalue weighted by molar-refractivity contribution is 5.76. The van der Waals surface area contributed by atoms with Crippen LogP contribution in [0.25, 0.3) is 0 Å². The first kappa shape index (κ1) is 16.8. The van der Waals surface area contributed by atoms with Crippen LogP contribution >= 0.6 is 0 Å². The predicted octanol–water partition coefficient (Wildman–Crippen LogP) is 1.58. The van der Waals surface area contributed by atoms with E-state index in [4.69, 9.17) is 9.57 Å². The van der Waals surface area contributed by atoms with Crippen molar-refractivity contribution >= 4 is 5.91 Å². The van der Waals surface area contributed by atoms with Gasteiger partial charge >= 0.3 is 0 Å². The van der Waals surface area contributed by atoms with Gasteiger partial charge in [-0.3, -0.25) is 9.63 Å². The molecule has 1 saturated heterocycles. The molecule has 25 heavy (non-hydrogen) atoms. The van der Waals surface area contributed by atoms with Gasteiger partial charge in [-0.1, -0.05) is 6.07 Å². The fourth-order valence-corrected chi connectivity index (χ4v) is 3.92. The van der Waals surface area contributed by atoms with E-state index in [1.165, 1.54) is 5.56 Å². The number of carbonyl (C=O) groups is 1. The maximum Gasteiger partial charge on any atom is 0.221 e. The average Bonchev–Trinajstić information content (AvgIpc) is 3.25. The molecule has 2 aliphatic heterocycles. The quantitative estimate of drug-likeness (QED) is 0.818. The van der Waals surface area contributed by atoms with Crippen molar-refractivity contribution in [2.45, 2.75) is 44.2 Å². The van der Waals surface area contributed by atoms with Crippen LogP contribution < -0.4 is 10.1 Å². The maximum absolute atomic E-state index is 12.5. The first-order valence-corrected chi connectivity index (χ1v) is 9.30. The topological polar surface area (TPSA) is 71.0 Å². The lowest BCUT2D eigenvalue weighted by molar-refractivity contribution is -0.131. The minimum absolute atomic E-state index is 0.0404. The van der Waals surface area contributed by atoms with Gasteiger partial charge in [0, 0.05) is 25.9 Å². The molecule has 1 aliphatic carbocycles. The molecular weight excluding hydrogens is 320 g/mol. The number of ether oxygens (including phenoxy) is 1. The smallest absolute Gasteiger partial charge is 0.221 e. The van der Waals surface area contributed by atoms with E-state index in [-0.39, 0.29) is 18.1 Å². The molecule has 1 aromatic rings. The Kier molecular flexibility index (Phi) is 4.92. The molecule has 4 rings (SSSR count). The van der Waals surface area contributed by atoms with Crippen LogP contribution in [0.3, 0.4) is 0 Å². The van der Waals surface area contributed by atoms with E-state index in [1.807, 2.05) is 17.2 Å². The number of aliphatic hydroxyl groups is 1. The molecule has 0 aromatic heterocycles. The van der Waals surface area contributed by atoms with Gasteiger partial charge in [-0.15, -0.1) is 0 Å². The van der Waals surface area contributed by atoms with Crippen molar-refractivity contribution in [2.24, 2.45) is 5.92 Å². The summed E-state index contributed by atoms with van der Waals surface area (Å²) in [5.41, 5.74) is 2.33. The average molecular weight is 346 g/mol. The first-order chi connectivity index (χ1) is 12.2. The number of amides is 1. The Balaban J connectivity index is 1.42. The highest BCUT2D eigenvalue weighted by atomic mass is 16.7. The first-order valence-electron chi connectivity index (χ1n) is 9.30. The lowest BCUT2D eigenvalue weighted by Crippen LogP contribution is -2.42. The van der Waals surface area contributed by atoms with Crippen LogP contribution in [0.5, 0.6) is 5.75 Å². The van der Waals surface area contributed by atoms with E-state index in [9.17, 15) is 9.90 Å². The van der Waals surface area contributed by atoms with Crippen LogP contribution in [0.2, 0.25) is 0 Å². The number of nitrogens with one attached hydrogen (secondary N) is 1. The summed E-state index contributed by atoms with van der Waals surface area (Å²) in [6.07, 6.45) is 3.63. The number of carbonyl (C=O) groups excluding carboxylic acids is 1. The second-order valence-corrected chi connectivity index (χ2v) is 7.26. The number of rotatable bonds is 6. The zero-order chi connectivity index (χ0) is 17.2. The van der Waals surface area contributed by atoms with E-state index in [0.717, 1.165) is 56.8 Å². The van der Waals surface area contributed by atoms with Crippen molar-refractivity contribution in [2.75, 3.05) is 26.3 Å². The Bertz CT molecular complexity index is 624. The predicted molar refractivity (Wildman–Crippen MR) is 92.0 cm³/mol. The molecular formula is C19H26N2O4. The third-order valence-corrected chi connectivity index (χ3v) is 5.42. The summed E-state index contributed by atoms with van der Waals surface area (Å²) < 4.78 is 5.58. The molecule has 2 N–H and O–H groups in total. The Morgan fingerprint density at radius 2 is 2.24 bits per heavy atom. The van der Waals surface area contributed by atoms with Gasteiger partial charge in [-0.2, -0.15) is 5.06 Å². The molecule has 3 aliphatic rings. The molecule has 6 nitrogen and oxygen atoms in total. The van der Waals surface area contributed by atoms with E-state index in [2.05, 4.69) is 11.4 Å². The van der Waals surface area contributed by atoms with Crippen LogP contribution in [0.15, 0.2) is 18.2 Å². The third-order valence-electron chi connectivity index (χ3n) is 5.42. The fourth-order valence-electron chi connectivity index (χ4n) is 3.92. The summed E-state index contributed by atoms with van der Waals surface area (Å²) in [6.45, 7) is 3.01. The molecule has 136 valence electrons. The van der Waals surface area contributed by atoms with Crippen molar-refractivity contribution in [3.8, 4) is 5.75 Å². The van der Waals surface area contributed by atoms with Crippen LogP contribution in [-0.4, -0.2) is 48.5 Å². The lowest BCUT2D eigenvalue weighted by atomic mass is 9.75. The van der Waals surface area contributed by atoms with Crippen molar-refractivity contribution < 1.29 is 19.5 Å².